The molecule has 184 valence electrons. The first kappa shape index (κ1) is 26.1. The molecular formula is C21H20ClF6N5S. The third-order valence-electron chi connectivity index (χ3n) is 4.54. The van der Waals surface area contributed by atoms with E-state index in [1.54, 1.807) is 0 Å². The molecule has 0 saturated heterocycles. The van der Waals surface area contributed by atoms with Crippen LogP contribution in [0.15, 0.2) is 41.0 Å². The Hall–Kier alpha value is -2.47. The van der Waals surface area contributed by atoms with Crippen LogP contribution in [-0.2, 0) is 23.0 Å². The van der Waals surface area contributed by atoms with Gasteiger partial charge in [0.2, 0.25) is 0 Å². The zero-order chi connectivity index (χ0) is 25.4. The second kappa shape index (κ2) is 9.65. The lowest BCUT2D eigenvalue weighted by Gasteiger charge is -2.17. The molecule has 0 spiro atoms. The van der Waals surface area contributed by atoms with Crippen molar-refractivity contribution < 1.29 is 26.3 Å². The number of benzene rings is 1. The van der Waals surface area contributed by atoms with E-state index in [2.05, 4.69) is 19.4 Å². The first-order valence-electron chi connectivity index (χ1n) is 9.99. The minimum Gasteiger partial charge on any atom is -0.220 e. The minimum absolute atomic E-state index is 0.0627. The molecule has 2 heterocycles. The summed E-state index contributed by atoms with van der Waals surface area (Å²) in [5.74, 6) is -0.494. The van der Waals surface area contributed by atoms with E-state index in [0.717, 1.165) is 10.7 Å². The molecule has 0 unspecified atom stereocenters. The maximum atomic E-state index is 14.1. The van der Waals surface area contributed by atoms with Crippen molar-refractivity contribution >= 4 is 28.1 Å². The summed E-state index contributed by atoms with van der Waals surface area (Å²) in [4.78, 5) is 7.94. The van der Waals surface area contributed by atoms with Crippen LogP contribution in [0.2, 0.25) is 5.02 Å². The maximum absolute atomic E-state index is 14.1. The summed E-state index contributed by atoms with van der Waals surface area (Å²) in [5.41, 5.74) is -3.63. The second-order valence-electron chi connectivity index (χ2n) is 7.77. The summed E-state index contributed by atoms with van der Waals surface area (Å²) in [7, 11) is -0.802. The van der Waals surface area contributed by atoms with Crippen LogP contribution in [0.5, 0.6) is 0 Å². The van der Waals surface area contributed by atoms with Gasteiger partial charge in [0, 0.05) is 27.9 Å². The molecule has 0 amide bonds. The number of hydrogen-bond acceptors (Lipinski definition) is 4. The van der Waals surface area contributed by atoms with Crippen molar-refractivity contribution in [1.29, 1.82) is 0 Å². The SMILES string of the molecule is CC(C)S(=Nc1c(-c2cc(Cl)cc(C(F)(F)F)c2)c(C(F)(F)F)nn1-c1ncccn1)C(C)C. The standard InChI is InChI=1S/C21H20ClF6N5S/c1-11(2)34(12(3)4)32-18-16(13-8-14(20(23,24)25)10-15(22)9-13)17(21(26,27)28)31-33(18)19-29-6-5-7-30-19/h5-12H,1-4H3. The van der Waals surface area contributed by atoms with Crippen LogP contribution < -0.4 is 0 Å². The molecule has 0 N–H and O–H groups in total. The lowest BCUT2D eigenvalue weighted by molar-refractivity contribution is -0.140. The first-order valence-corrected chi connectivity index (χ1v) is 11.7. The number of halogens is 7. The second-order valence-corrected chi connectivity index (χ2v) is 11.0. The number of nitrogens with zero attached hydrogens (tertiary/aromatic N) is 5. The number of alkyl halides is 6. The molecule has 0 aliphatic carbocycles. The van der Waals surface area contributed by atoms with Gasteiger partial charge in [0.15, 0.2) is 11.5 Å². The molecule has 0 atom stereocenters. The highest BCUT2D eigenvalue weighted by molar-refractivity contribution is 7.88. The van der Waals surface area contributed by atoms with E-state index in [-0.39, 0.29) is 27.3 Å². The maximum Gasteiger partial charge on any atom is 0.435 e. The van der Waals surface area contributed by atoms with Crippen molar-refractivity contribution in [2.24, 2.45) is 4.36 Å². The van der Waals surface area contributed by atoms with Gasteiger partial charge in [-0.2, -0.15) is 36.1 Å². The lowest BCUT2D eigenvalue weighted by atomic mass is 10.0. The summed E-state index contributed by atoms with van der Waals surface area (Å²) >= 11 is 5.89. The van der Waals surface area contributed by atoms with Crippen LogP contribution >= 0.6 is 11.6 Å². The van der Waals surface area contributed by atoms with Gasteiger partial charge in [-0.05, 0) is 29.8 Å². The minimum atomic E-state index is -5.01. The van der Waals surface area contributed by atoms with Gasteiger partial charge in [-0.25, -0.2) is 14.3 Å². The van der Waals surface area contributed by atoms with E-state index in [1.165, 1.54) is 18.5 Å². The van der Waals surface area contributed by atoms with Crippen LogP contribution in [-0.4, -0.2) is 30.2 Å². The Labute approximate surface area is 199 Å². The van der Waals surface area contributed by atoms with Crippen molar-refractivity contribution in [1.82, 2.24) is 19.7 Å². The molecule has 2 aromatic heterocycles. The van der Waals surface area contributed by atoms with Gasteiger partial charge in [0.05, 0.1) is 11.1 Å². The predicted octanol–water partition coefficient (Wildman–Crippen LogP) is 7.27. The number of aromatic nitrogens is 4. The number of hydrogen-bond donors (Lipinski definition) is 0. The normalized spacial score (nSPS) is 12.8. The molecule has 0 aliphatic heterocycles. The summed E-state index contributed by atoms with van der Waals surface area (Å²) in [6.07, 6.45) is -7.21. The molecule has 13 heteroatoms. The Morgan fingerprint density at radius 3 is 2.00 bits per heavy atom. The number of rotatable bonds is 5. The fourth-order valence-electron chi connectivity index (χ4n) is 3.25. The fourth-order valence-corrected chi connectivity index (χ4v) is 5.36. The summed E-state index contributed by atoms with van der Waals surface area (Å²) in [6.45, 7) is 7.44. The van der Waals surface area contributed by atoms with E-state index in [1.807, 2.05) is 27.7 Å². The van der Waals surface area contributed by atoms with Gasteiger partial charge in [0.25, 0.3) is 5.95 Å². The Morgan fingerprint density at radius 1 is 0.912 bits per heavy atom. The molecule has 5 nitrogen and oxygen atoms in total. The van der Waals surface area contributed by atoms with Crippen LogP contribution in [0.1, 0.15) is 39.0 Å². The molecule has 0 radical (unpaired) electrons. The highest BCUT2D eigenvalue weighted by atomic mass is 35.5. The topological polar surface area (TPSA) is 56.0 Å². The van der Waals surface area contributed by atoms with Crippen molar-refractivity contribution in [2.75, 3.05) is 0 Å². The summed E-state index contributed by atoms with van der Waals surface area (Å²) in [5, 5.41) is 3.17. The zero-order valence-electron chi connectivity index (χ0n) is 18.4. The molecule has 3 aromatic rings. The van der Waals surface area contributed by atoms with Gasteiger partial charge in [0.1, 0.15) is 0 Å². The van der Waals surface area contributed by atoms with Crippen molar-refractivity contribution in [3.63, 3.8) is 0 Å². The Balaban J connectivity index is 2.49. The van der Waals surface area contributed by atoms with E-state index in [9.17, 15) is 26.3 Å². The summed E-state index contributed by atoms with van der Waals surface area (Å²) in [6, 6.07) is 3.75. The van der Waals surface area contributed by atoms with Crippen LogP contribution in [0.25, 0.3) is 17.1 Å². The van der Waals surface area contributed by atoms with Crippen molar-refractivity contribution in [3.05, 3.63) is 52.9 Å². The van der Waals surface area contributed by atoms with E-state index in [0.29, 0.717) is 12.1 Å². The van der Waals surface area contributed by atoms with Gasteiger partial charge >= 0.3 is 12.4 Å². The van der Waals surface area contributed by atoms with Gasteiger partial charge < -0.3 is 0 Å². The summed E-state index contributed by atoms with van der Waals surface area (Å²) < 4.78 is 88.1. The Morgan fingerprint density at radius 2 is 1.50 bits per heavy atom. The fraction of sp³-hybridized carbons (Fsp3) is 0.381. The van der Waals surface area contributed by atoms with Gasteiger partial charge in [-0.1, -0.05) is 50.0 Å². The smallest absolute Gasteiger partial charge is 0.220 e. The average Bonchev–Trinajstić information content (AvgIpc) is 3.11. The lowest BCUT2D eigenvalue weighted by Crippen LogP contribution is -2.16. The van der Waals surface area contributed by atoms with Crippen LogP contribution in [0.4, 0.5) is 32.2 Å². The molecule has 0 saturated carbocycles. The third kappa shape index (κ3) is 5.60. The molecule has 0 fully saturated rings. The Bertz CT molecular complexity index is 1190. The van der Waals surface area contributed by atoms with Crippen LogP contribution in [0.3, 0.4) is 0 Å². The Kier molecular flexibility index (Phi) is 7.42. The van der Waals surface area contributed by atoms with Crippen LogP contribution in [0, 0.1) is 0 Å². The third-order valence-corrected chi connectivity index (χ3v) is 7.08. The zero-order valence-corrected chi connectivity index (χ0v) is 20.0. The van der Waals surface area contributed by atoms with E-state index in [4.69, 9.17) is 11.6 Å². The monoisotopic (exact) mass is 523 g/mol. The average molecular weight is 524 g/mol. The largest absolute Gasteiger partial charge is 0.435 e. The van der Waals surface area contributed by atoms with Crippen molar-refractivity contribution in [2.45, 2.75) is 50.5 Å². The highest BCUT2D eigenvalue weighted by Gasteiger charge is 2.41. The quantitative estimate of drug-likeness (QED) is 0.330. The molecular weight excluding hydrogens is 504 g/mol. The van der Waals surface area contributed by atoms with E-state index < -0.39 is 45.4 Å². The molecule has 34 heavy (non-hydrogen) atoms. The molecule has 1 aromatic carbocycles. The van der Waals surface area contributed by atoms with Gasteiger partial charge in [-0.15, -0.1) is 0 Å². The molecule has 0 bridgehead atoms. The molecule has 3 rings (SSSR count). The molecule has 0 aliphatic rings. The van der Waals surface area contributed by atoms with Crippen molar-refractivity contribution in [3.8, 4) is 17.1 Å². The highest BCUT2D eigenvalue weighted by Crippen LogP contribution is 2.45. The predicted molar refractivity (Wildman–Crippen MR) is 119 cm³/mol. The van der Waals surface area contributed by atoms with Gasteiger partial charge in [-0.3, -0.25) is 0 Å². The first-order chi connectivity index (χ1) is 15.7. The van der Waals surface area contributed by atoms with E-state index >= 15 is 0 Å².